The molecule has 0 fully saturated rings. The van der Waals surface area contributed by atoms with Crippen LogP contribution in [0.25, 0.3) is 0 Å². The van der Waals surface area contributed by atoms with Gasteiger partial charge in [0, 0.05) is 13.1 Å². The zero-order valence-electron chi connectivity index (χ0n) is 11.9. The first-order valence-electron chi connectivity index (χ1n) is 6.88. The number of aromatic nitrogens is 2. The standard InChI is InChI=1S/C14H22BrN3O2/c1-3-5-8-18-14(19)13(15)12(11-17-18)16-7-10-20-9-6-4-2/h4,11,16H,2-3,5-10H2,1H3. The monoisotopic (exact) mass is 343 g/mol. The molecule has 0 aliphatic carbocycles. The normalized spacial score (nSPS) is 10.5. The Morgan fingerprint density at radius 2 is 2.35 bits per heavy atom. The molecule has 0 atom stereocenters. The predicted octanol–water partition coefficient (Wildman–Crippen LogP) is 2.81. The van der Waals surface area contributed by atoms with Crippen molar-refractivity contribution >= 4 is 21.6 Å². The second kappa shape index (κ2) is 9.72. The van der Waals surface area contributed by atoms with Crippen LogP contribution in [-0.2, 0) is 11.3 Å². The molecule has 20 heavy (non-hydrogen) atoms. The van der Waals surface area contributed by atoms with Crippen LogP contribution in [0.1, 0.15) is 26.2 Å². The summed E-state index contributed by atoms with van der Waals surface area (Å²) in [6, 6.07) is 0. The summed E-state index contributed by atoms with van der Waals surface area (Å²) in [4.78, 5) is 12.0. The SMILES string of the molecule is C=CCCOCCNc1cnn(CCCC)c(=O)c1Br. The predicted molar refractivity (Wildman–Crippen MR) is 85.2 cm³/mol. The van der Waals surface area contributed by atoms with Crippen molar-refractivity contribution in [1.82, 2.24) is 9.78 Å². The van der Waals surface area contributed by atoms with Crippen molar-refractivity contribution in [3.8, 4) is 0 Å². The van der Waals surface area contributed by atoms with Gasteiger partial charge in [-0.3, -0.25) is 4.79 Å². The van der Waals surface area contributed by atoms with E-state index in [1.165, 1.54) is 4.68 Å². The molecule has 0 radical (unpaired) electrons. The second-order valence-electron chi connectivity index (χ2n) is 4.37. The van der Waals surface area contributed by atoms with Gasteiger partial charge in [0.2, 0.25) is 0 Å². The quantitative estimate of drug-likeness (QED) is 0.524. The van der Waals surface area contributed by atoms with Gasteiger partial charge >= 0.3 is 0 Å². The average molecular weight is 344 g/mol. The summed E-state index contributed by atoms with van der Waals surface area (Å²) in [7, 11) is 0. The van der Waals surface area contributed by atoms with E-state index in [4.69, 9.17) is 4.74 Å². The lowest BCUT2D eigenvalue weighted by Crippen LogP contribution is -2.25. The lowest BCUT2D eigenvalue weighted by atomic mass is 10.3. The minimum Gasteiger partial charge on any atom is -0.380 e. The molecule has 0 aromatic carbocycles. The van der Waals surface area contributed by atoms with E-state index in [9.17, 15) is 4.79 Å². The van der Waals surface area contributed by atoms with E-state index >= 15 is 0 Å². The summed E-state index contributed by atoms with van der Waals surface area (Å²) in [5.41, 5.74) is 0.603. The summed E-state index contributed by atoms with van der Waals surface area (Å²) >= 11 is 3.33. The van der Waals surface area contributed by atoms with Gasteiger partial charge in [-0.05, 0) is 28.8 Å². The first-order valence-corrected chi connectivity index (χ1v) is 7.68. The third kappa shape index (κ3) is 5.46. The van der Waals surface area contributed by atoms with Crippen molar-refractivity contribution in [3.05, 3.63) is 33.7 Å². The molecule has 0 aliphatic heterocycles. The van der Waals surface area contributed by atoms with Crippen LogP contribution >= 0.6 is 15.9 Å². The smallest absolute Gasteiger partial charge is 0.283 e. The third-order valence-electron chi connectivity index (χ3n) is 2.74. The Labute approximate surface area is 128 Å². The van der Waals surface area contributed by atoms with Crippen LogP contribution in [0.2, 0.25) is 0 Å². The van der Waals surface area contributed by atoms with Crippen molar-refractivity contribution in [2.45, 2.75) is 32.7 Å². The molecule has 1 heterocycles. The summed E-state index contributed by atoms with van der Waals surface area (Å²) in [5, 5.41) is 7.30. The van der Waals surface area contributed by atoms with Gasteiger partial charge in [0.15, 0.2) is 0 Å². The van der Waals surface area contributed by atoms with Crippen LogP contribution < -0.4 is 10.9 Å². The fourth-order valence-electron chi connectivity index (χ4n) is 1.58. The third-order valence-corrected chi connectivity index (χ3v) is 3.50. The number of hydrogen-bond acceptors (Lipinski definition) is 4. The lowest BCUT2D eigenvalue weighted by molar-refractivity contribution is 0.149. The zero-order chi connectivity index (χ0) is 14.8. The maximum absolute atomic E-state index is 12.0. The van der Waals surface area contributed by atoms with Crippen LogP contribution in [0.15, 0.2) is 28.1 Å². The molecule has 0 aliphatic rings. The summed E-state index contributed by atoms with van der Waals surface area (Å²) in [6.45, 7) is 8.25. The first kappa shape index (κ1) is 16.9. The topological polar surface area (TPSA) is 56.1 Å². The Morgan fingerprint density at radius 3 is 3.05 bits per heavy atom. The zero-order valence-corrected chi connectivity index (χ0v) is 13.5. The number of rotatable bonds is 10. The molecule has 5 nitrogen and oxygen atoms in total. The minimum atomic E-state index is -0.101. The van der Waals surface area contributed by atoms with Gasteiger partial charge < -0.3 is 10.1 Å². The van der Waals surface area contributed by atoms with Crippen molar-refractivity contribution in [1.29, 1.82) is 0 Å². The Bertz CT molecular complexity index is 474. The molecule has 0 saturated heterocycles. The molecule has 1 aromatic heterocycles. The van der Waals surface area contributed by atoms with Crippen molar-refractivity contribution in [3.63, 3.8) is 0 Å². The number of ether oxygens (including phenoxy) is 1. The second-order valence-corrected chi connectivity index (χ2v) is 5.16. The molecule has 0 saturated carbocycles. The van der Waals surface area contributed by atoms with Crippen molar-refractivity contribution in [2.75, 3.05) is 25.1 Å². The Hall–Kier alpha value is -1.14. The van der Waals surface area contributed by atoms with Gasteiger partial charge in [-0.2, -0.15) is 5.10 Å². The number of anilines is 1. The van der Waals surface area contributed by atoms with E-state index < -0.39 is 0 Å². The van der Waals surface area contributed by atoms with Gasteiger partial charge in [0.25, 0.3) is 5.56 Å². The lowest BCUT2D eigenvalue weighted by Gasteiger charge is -2.10. The summed E-state index contributed by atoms with van der Waals surface area (Å²) in [5.74, 6) is 0. The molecule has 6 heteroatoms. The van der Waals surface area contributed by atoms with Gasteiger partial charge in [0.1, 0.15) is 4.47 Å². The highest BCUT2D eigenvalue weighted by Crippen LogP contribution is 2.15. The molecule has 0 unspecified atom stereocenters. The number of aryl methyl sites for hydroxylation is 1. The van der Waals surface area contributed by atoms with E-state index in [-0.39, 0.29) is 5.56 Å². The van der Waals surface area contributed by atoms with Gasteiger partial charge in [-0.1, -0.05) is 19.4 Å². The Kier molecular flexibility index (Phi) is 8.22. The van der Waals surface area contributed by atoms with Gasteiger partial charge in [0.05, 0.1) is 25.1 Å². The molecule has 1 N–H and O–H groups in total. The fraction of sp³-hybridized carbons (Fsp3) is 0.571. The molecule has 0 amide bonds. The Morgan fingerprint density at radius 1 is 1.55 bits per heavy atom. The largest absolute Gasteiger partial charge is 0.380 e. The van der Waals surface area contributed by atoms with Crippen LogP contribution in [0, 0.1) is 0 Å². The highest BCUT2D eigenvalue weighted by molar-refractivity contribution is 9.10. The van der Waals surface area contributed by atoms with E-state index in [2.05, 4.69) is 39.8 Å². The van der Waals surface area contributed by atoms with Gasteiger partial charge in [-0.15, -0.1) is 6.58 Å². The molecule has 0 spiro atoms. The van der Waals surface area contributed by atoms with Crippen LogP contribution in [0.3, 0.4) is 0 Å². The summed E-state index contributed by atoms with van der Waals surface area (Å²) < 4.78 is 7.40. The first-order chi connectivity index (χ1) is 9.70. The highest BCUT2D eigenvalue weighted by Gasteiger charge is 2.07. The van der Waals surface area contributed by atoms with E-state index in [0.29, 0.717) is 36.5 Å². The van der Waals surface area contributed by atoms with E-state index in [1.807, 2.05) is 6.08 Å². The molecular weight excluding hydrogens is 322 g/mol. The molecule has 112 valence electrons. The van der Waals surface area contributed by atoms with Crippen molar-refractivity contribution < 1.29 is 4.74 Å². The number of hydrogen-bond donors (Lipinski definition) is 1. The minimum absolute atomic E-state index is 0.101. The molecule has 1 aromatic rings. The maximum Gasteiger partial charge on any atom is 0.283 e. The average Bonchev–Trinajstić information content (AvgIpc) is 2.46. The van der Waals surface area contributed by atoms with E-state index in [1.54, 1.807) is 6.20 Å². The van der Waals surface area contributed by atoms with Crippen LogP contribution in [-0.4, -0.2) is 29.5 Å². The van der Waals surface area contributed by atoms with Crippen LogP contribution in [0.5, 0.6) is 0 Å². The van der Waals surface area contributed by atoms with E-state index in [0.717, 1.165) is 19.3 Å². The molecular formula is C14H22BrN3O2. The summed E-state index contributed by atoms with van der Waals surface area (Å²) in [6.07, 6.45) is 6.32. The number of nitrogens with one attached hydrogen (secondary N) is 1. The maximum atomic E-state index is 12.0. The van der Waals surface area contributed by atoms with Crippen molar-refractivity contribution in [2.24, 2.45) is 0 Å². The van der Waals surface area contributed by atoms with Crippen LogP contribution in [0.4, 0.5) is 5.69 Å². The fourth-order valence-corrected chi connectivity index (χ4v) is 2.03. The number of unbranched alkanes of at least 4 members (excludes halogenated alkanes) is 1. The van der Waals surface area contributed by atoms with Gasteiger partial charge in [-0.25, -0.2) is 4.68 Å². The number of nitrogens with zero attached hydrogens (tertiary/aromatic N) is 2. The molecule has 0 bridgehead atoms. The Balaban J connectivity index is 2.48. The molecule has 1 rings (SSSR count). The highest BCUT2D eigenvalue weighted by atomic mass is 79.9. The number of halogens is 1.